The molecule has 2 bridgehead atoms. The summed E-state index contributed by atoms with van der Waals surface area (Å²) in [5, 5.41) is 12.3. The summed E-state index contributed by atoms with van der Waals surface area (Å²) in [5.41, 5.74) is 0. The number of hydrogen-bond donors (Lipinski definition) is 2. The molecule has 3 aliphatic carbocycles. The summed E-state index contributed by atoms with van der Waals surface area (Å²) in [5.74, 6) is 0.904. The summed E-state index contributed by atoms with van der Waals surface area (Å²) in [7, 11) is 0. The number of alkyl carbamates (subject to hydrolysis) is 1. The second-order valence-corrected chi connectivity index (χ2v) is 4.53. The molecule has 4 atom stereocenters. The van der Waals surface area contributed by atoms with Crippen LogP contribution >= 0.6 is 0 Å². The van der Waals surface area contributed by atoms with E-state index in [2.05, 4.69) is 17.5 Å². The maximum Gasteiger partial charge on any atom is 0.407 e. The maximum atomic E-state index is 11.4. The standard InChI is InChI=1S/C12H19NO3/c1-2-16-12(15)13-11-9-5-3-8(4-6-9)10(11)7-14/h3,5,8-11,14H,2,4,6-7H2,1H3,(H,13,15). The van der Waals surface area contributed by atoms with E-state index < -0.39 is 0 Å². The molecule has 0 aromatic carbocycles. The minimum Gasteiger partial charge on any atom is -0.450 e. The molecule has 3 aliphatic rings. The lowest BCUT2D eigenvalue weighted by Gasteiger charge is -2.44. The third kappa shape index (κ3) is 2.07. The molecule has 1 saturated carbocycles. The first kappa shape index (κ1) is 11.5. The quantitative estimate of drug-likeness (QED) is 0.712. The van der Waals surface area contributed by atoms with Crippen molar-refractivity contribution >= 4 is 6.09 Å². The van der Waals surface area contributed by atoms with Crippen LogP contribution in [-0.2, 0) is 4.74 Å². The molecule has 90 valence electrons. The number of carbonyl (C=O) groups is 1. The molecule has 3 rings (SSSR count). The summed E-state index contributed by atoms with van der Waals surface area (Å²) in [6.07, 6.45) is 6.18. The van der Waals surface area contributed by atoms with Crippen LogP contribution in [0.25, 0.3) is 0 Å². The molecule has 4 heteroatoms. The zero-order valence-electron chi connectivity index (χ0n) is 9.56. The van der Waals surface area contributed by atoms with Gasteiger partial charge in [-0.1, -0.05) is 12.2 Å². The Morgan fingerprint density at radius 2 is 2.12 bits per heavy atom. The van der Waals surface area contributed by atoms with Crippen LogP contribution < -0.4 is 5.32 Å². The average molecular weight is 225 g/mol. The SMILES string of the molecule is CCOC(=O)NC1C2C=CC(CC2)C1CO. The third-order valence-electron chi connectivity index (χ3n) is 3.68. The first-order valence-corrected chi connectivity index (χ1v) is 5.98. The number of fused-ring (bicyclic) bond motifs is 2. The third-order valence-corrected chi connectivity index (χ3v) is 3.68. The molecule has 0 radical (unpaired) electrons. The van der Waals surface area contributed by atoms with Crippen LogP contribution in [0.3, 0.4) is 0 Å². The van der Waals surface area contributed by atoms with Gasteiger partial charge in [-0.15, -0.1) is 0 Å². The van der Waals surface area contributed by atoms with Gasteiger partial charge in [0.25, 0.3) is 0 Å². The van der Waals surface area contributed by atoms with E-state index in [0.717, 1.165) is 12.8 Å². The van der Waals surface area contributed by atoms with E-state index in [1.807, 2.05) is 0 Å². The Morgan fingerprint density at radius 1 is 1.44 bits per heavy atom. The molecule has 2 N–H and O–H groups in total. The molecule has 0 aromatic rings. The fourth-order valence-corrected chi connectivity index (χ4v) is 2.87. The van der Waals surface area contributed by atoms with E-state index in [1.54, 1.807) is 6.92 Å². The van der Waals surface area contributed by atoms with E-state index in [0.29, 0.717) is 18.4 Å². The second-order valence-electron chi connectivity index (χ2n) is 4.53. The molecule has 0 saturated heterocycles. The average Bonchev–Trinajstić information content (AvgIpc) is 2.30. The minimum absolute atomic E-state index is 0.0350. The Morgan fingerprint density at radius 3 is 2.69 bits per heavy atom. The first-order valence-electron chi connectivity index (χ1n) is 5.98. The fraction of sp³-hybridized carbons (Fsp3) is 0.750. The molecular weight excluding hydrogens is 206 g/mol. The molecule has 4 unspecified atom stereocenters. The predicted molar refractivity (Wildman–Crippen MR) is 59.9 cm³/mol. The number of amides is 1. The van der Waals surface area contributed by atoms with Crippen molar-refractivity contribution in [3.63, 3.8) is 0 Å². The highest BCUT2D eigenvalue weighted by molar-refractivity contribution is 5.67. The molecule has 0 spiro atoms. The molecule has 0 heterocycles. The lowest BCUT2D eigenvalue weighted by Crippen LogP contribution is -2.53. The Kier molecular flexibility index (Phi) is 3.49. The zero-order valence-corrected chi connectivity index (χ0v) is 9.56. The Hall–Kier alpha value is -1.03. The van der Waals surface area contributed by atoms with Crippen LogP contribution in [0.15, 0.2) is 12.2 Å². The van der Waals surface area contributed by atoms with Crippen molar-refractivity contribution in [3.05, 3.63) is 12.2 Å². The first-order chi connectivity index (χ1) is 7.76. The van der Waals surface area contributed by atoms with E-state index in [4.69, 9.17) is 4.74 Å². The monoisotopic (exact) mass is 225 g/mol. The lowest BCUT2D eigenvalue weighted by atomic mass is 9.66. The predicted octanol–water partition coefficient (Wildman–Crippen LogP) is 1.31. The van der Waals surface area contributed by atoms with Gasteiger partial charge >= 0.3 is 6.09 Å². The molecule has 16 heavy (non-hydrogen) atoms. The molecule has 0 aromatic heterocycles. The molecule has 1 fully saturated rings. The van der Waals surface area contributed by atoms with Gasteiger partial charge in [-0.2, -0.15) is 0 Å². The van der Waals surface area contributed by atoms with Crippen LogP contribution in [0.5, 0.6) is 0 Å². The minimum atomic E-state index is -0.369. The van der Waals surface area contributed by atoms with Crippen molar-refractivity contribution in [1.82, 2.24) is 5.32 Å². The summed E-state index contributed by atoms with van der Waals surface area (Å²) >= 11 is 0. The van der Waals surface area contributed by atoms with Crippen LogP contribution in [0.4, 0.5) is 4.79 Å². The lowest BCUT2D eigenvalue weighted by molar-refractivity contribution is 0.0777. The van der Waals surface area contributed by atoms with Gasteiger partial charge in [0.05, 0.1) is 6.61 Å². The number of hydrogen-bond acceptors (Lipinski definition) is 3. The number of aliphatic hydroxyl groups is 1. The maximum absolute atomic E-state index is 11.4. The van der Waals surface area contributed by atoms with E-state index in [1.165, 1.54) is 0 Å². The summed E-state index contributed by atoms with van der Waals surface area (Å²) in [6, 6.07) is 0.0350. The van der Waals surface area contributed by atoms with Gasteiger partial charge in [0.15, 0.2) is 0 Å². The van der Waals surface area contributed by atoms with Crippen molar-refractivity contribution in [1.29, 1.82) is 0 Å². The number of rotatable bonds is 3. The fourth-order valence-electron chi connectivity index (χ4n) is 2.87. The number of nitrogens with one attached hydrogen (secondary N) is 1. The van der Waals surface area contributed by atoms with Gasteiger partial charge < -0.3 is 15.2 Å². The van der Waals surface area contributed by atoms with Gasteiger partial charge in [-0.25, -0.2) is 4.79 Å². The smallest absolute Gasteiger partial charge is 0.407 e. The number of carbonyl (C=O) groups excluding carboxylic acids is 1. The van der Waals surface area contributed by atoms with Crippen molar-refractivity contribution in [2.45, 2.75) is 25.8 Å². The second kappa shape index (κ2) is 4.87. The van der Waals surface area contributed by atoms with Crippen LogP contribution in [0, 0.1) is 17.8 Å². The largest absolute Gasteiger partial charge is 0.450 e. The highest BCUT2D eigenvalue weighted by Gasteiger charge is 2.41. The van der Waals surface area contributed by atoms with Gasteiger partial charge in [0.1, 0.15) is 0 Å². The molecule has 0 aliphatic heterocycles. The topological polar surface area (TPSA) is 58.6 Å². The van der Waals surface area contributed by atoms with E-state index in [-0.39, 0.29) is 24.7 Å². The van der Waals surface area contributed by atoms with Crippen molar-refractivity contribution < 1.29 is 14.6 Å². The van der Waals surface area contributed by atoms with Crippen LogP contribution in [0.2, 0.25) is 0 Å². The Balaban J connectivity index is 2.02. The van der Waals surface area contributed by atoms with Crippen molar-refractivity contribution in [2.24, 2.45) is 17.8 Å². The van der Waals surface area contributed by atoms with Crippen LogP contribution in [0.1, 0.15) is 19.8 Å². The highest BCUT2D eigenvalue weighted by atomic mass is 16.5. The van der Waals surface area contributed by atoms with E-state index >= 15 is 0 Å². The summed E-state index contributed by atoms with van der Waals surface area (Å²) in [6.45, 7) is 2.30. The van der Waals surface area contributed by atoms with Gasteiger partial charge in [-0.3, -0.25) is 0 Å². The molecule has 4 nitrogen and oxygen atoms in total. The Labute approximate surface area is 95.7 Å². The van der Waals surface area contributed by atoms with Crippen LogP contribution in [-0.4, -0.2) is 30.5 Å². The van der Waals surface area contributed by atoms with Crippen molar-refractivity contribution in [3.8, 4) is 0 Å². The zero-order chi connectivity index (χ0) is 11.5. The highest BCUT2D eigenvalue weighted by Crippen LogP contribution is 2.40. The normalized spacial score (nSPS) is 36.1. The number of allylic oxidation sites excluding steroid dienone is 1. The van der Waals surface area contributed by atoms with E-state index in [9.17, 15) is 9.90 Å². The van der Waals surface area contributed by atoms with Gasteiger partial charge in [0.2, 0.25) is 0 Å². The van der Waals surface area contributed by atoms with Gasteiger partial charge in [0, 0.05) is 18.6 Å². The van der Waals surface area contributed by atoms with Gasteiger partial charge in [-0.05, 0) is 31.6 Å². The summed E-state index contributed by atoms with van der Waals surface area (Å²) in [4.78, 5) is 11.4. The number of ether oxygens (including phenoxy) is 1. The summed E-state index contributed by atoms with van der Waals surface area (Å²) < 4.78 is 4.89. The molecule has 1 amide bonds. The number of aliphatic hydroxyl groups excluding tert-OH is 1. The molecular formula is C12H19NO3. The Bertz CT molecular complexity index is 290. The van der Waals surface area contributed by atoms with Crippen molar-refractivity contribution in [2.75, 3.05) is 13.2 Å².